The molecular formula is C9H15N. The predicted molar refractivity (Wildman–Crippen MR) is 42.9 cm³/mol. The van der Waals surface area contributed by atoms with Crippen LogP contribution in [0.4, 0.5) is 0 Å². The quantitative estimate of drug-likeness (QED) is 0.459. The minimum absolute atomic E-state index is 0.606. The molecule has 0 N–H and O–H groups in total. The molecular weight excluding hydrogens is 122 g/mol. The van der Waals surface area contributed by atoms with Crippen LogP contribution < -0.4 is 0 Å². The number of hydrogen-bond donors (Lipinski definition) is 0. The smallest absolute Gasteiger partial charge is 0.00702 e. The molecule has 56 valence electrons. The highest BCUT2D eigenvalue weighted by atomic mass is 15.1. The lowest BCUT2D eigenvalue weighted by Crippen LogP contribution is -2.20. The second-order valence-corrected chi connectivity index (χ2v) is 3.79. The van der Waals surface area contributed by atoms with Gasteiger partial charge in [-0.15, -0.1) is 0 Å². The maximum atomic E-state index is 2.44. The van der Waals surface area contributed by atoms with Gasteiger partial charge in [0.25, 0.3) is 0 Å². The Kier molecular flexibility index (Phi) is 1.34. The Hall–Kier alpha value is -0.300. The Morgan fingerprint density at radius 2 is 2.30 bits per heavy atom. The van der Waals surface area contributed by atoms with E-state index in [1.807, 2.05) is 0 Å². The molecule has 1 saturated heterocycles. The van der Waals surface area contributed by atoms with E-state index in [9.17, 15) is 0 Å². The second-order valence-electron chi connectivity index (χ2n) is 3.79. The molecule has 1 aliphatic heterocycles. The fourth-order valence-electron chi connectivity index (χ4n) is 2.24. The lowest BCUT2D eigenvalue weighted by atomic mass is 9.87. The van der Waals surface area contributed by atoms with Crippen molar-refractivity contribution in [2.75, 3.05) is 20.1 Å². The van der Waals surface area contributed by atoms with E-state index in [0.29, 0.717) is 5.41 Å². The van der Waals surface area contributed by atoms with E-state index in [1.54, 1.807) is 0 Å². The summed E-state index contributed by atoms with van der Waals surface area (Å²) < 4.78 is 0. The van der Waals surface area contributed by atoms with Gasteiger partial charge in [0.05, 0.1) is 0 Å². The molecule has 0 aromatic heterocycles. The standard InChI is InChI=1S/C9H15N/c1-10-7-6-9(8-10)4-2-3-5-9/h2,4H,3,5-8H2,1H3. The number of hydrogen-bond acceptors (Lipinski definition) is 1. The van der Waals surface area contributed by atoms with Gasteiger partial charge in [-0.3, -0.25) is 0 Å². The molecule has 0 amide bonds. The van der Waals surface area contributed by atoms with Crippen LogP contribution in [0.15, 0.2) is 12.2 Å². The van der Waals surface area contributed by atoms with E-state index in [-0.39, 0.29) is 0 Å². The van der Waals surface area contributed by atoms with Gasteiger partial charge in [0, 0.05) is 12.0 Å². The minimum Gasteiger partial charge on any atom is -0.305 e. The Morgan fingerprint density at radius 3 is 2.80 bits per heavy atom. The van der Waals surface area contributed by atoms with Crippen molar-refractivity contribution in [1.29, 1.82) is 0 Å². The summed E-state index contributed by atoms with van der Waals surface area (Å²) >= 11 is 0. The highest BCUT2D eigenvalue weighted by Gasteiger charge is 2.35. The highest BCUT2D eigenvalue weighted by Crippen LogP contribution is 2.39. The topological polar surface area (TPSA) is 3.24 Å². The van der Waals surface area contributed by atoms with Crippen molar-refractivity contribution in [3.8, 4) is 0 Å². The molecule has 1 spiro atoms. The number of allylic oxidation sites excluding steroid dienone is 1. The van der Waals surface area contributed by atoms with Crippen molar-refractivity contribution >= 4 is 0 Å². The van der Waals surface area contributed by atoms with Gasteiger partial charge in [0.15, 0.2) is 0 Å². The van der Waals surface area contributed by atoms with Crippen molar-refractivity contribution in [3.63, 3.8) is 0 Å². The summed E-state index contributed by atoms with van der Waals surface area (Å²) in [6.07, 6.45) is 8.89. The third kappa shape index (κ3) is 0.891. The average molecular weight is 137 g/mol. The molecule has 0 saturated carbocycles. The molecule has 0 aromatic rings. The zero-order valence-electron chi connectivity index (χ0n) is 6.64. The van der Waals surface area contributed by atoms with Crippen LogP contribution in [0.1, 0.15) is 19.3 Å². The maximum absolute atomic E-state index is 2.44. The first-order chi connectivity index (χ1) is 4.81. The van der Waals surface area contributed by atoms with Crippen LogP contribution in [0.2, 0.25) is 0 Å². The fraction of sp³-hybridized carbons (Fsp3) is 0.778. The maximum Gasteiger partial charge on any atom is 0.00702 e. The molecule has 1 heterocycles. The van der Waals surface area contributed by atoms with Crippen molar-refractivity contribution in [1.82, 2.24) is 4.90 Å². The third-order valence-electron chi connectivity index (χ3n) is 2.86. The van der Waals surface area contributed by atoms with E-state index >= 15 is 0 Å². The van der Waals surface area contributed by atoms with Gasteiger partial charge >= 0.3 is 0 Å². The second kappa shape index (κ2) is 2.09. The van der Waals surface area contributed by atoms with Gasteiger partial charge in [0.2, 0.25) is 0 Å². The van der Waals surface area contributed by atoms with Gasteiger partial charge in [-0.1, -0.05) is 12.2 Å². The SMILES string of the molecule is CN1CCC2(C=CCC2)C1. The first kappa shape index (κ1) is 6.41. The van der Waals surface area contributed by atoms with E-state index < -0.39 is 0 Å². The Balaban J connectivity index is 2.10. The Morgan fingerprint density at radius 1 is 1.40 bits per heavy atom. The molecule has 0 radical (unpaired) electrons. The van der Waals surface area contributed by atoms with E-state index in [4.69, 9.17) is 0 Å². The molecule has 2 aliphatic rings. The molecule has 2 rings (SSSR count). The molecule has 0 aromatic carbocycles. The molecule has 1 aliphatic carbocycles. The van der Waals surface area contributed by atoms with Gasteiger partial charge < -0.3 is 4.90 Å². The molecule has 1 unspecified atom stereocenters. The van der Waals surface area contributed by atoms with Crippen LogP contribution in [-0.4, -0.2) is 25.0 Å². The van der Waals surface area contributed by atoms with Gasteiger partial charge in [-0.05, 0) is 32.9 Å². The first-order valence-corrected chi connectivity index (χ1v) is 4.17. The third-order valence-corrected chi connectivity index (χ3v) is 2.86. The van der Waals surface area contributed by atoms with Gasteiger partial charge in [-0.25, -0.2) is 0 Å². The summed E-state index contributed by atoms with van der Waals surface area (Å²) in [5, 5.41) is 0. The number of likely N-dealkylation sites (tertiary alicyclic amines) is 1. The normalized spacial score (nSPS) is 40.1. The molecule has 10 heavy (non-hydrogen) atoms. The molecule has 1 atom stereocenters. The monoisotopic (exact) mass is 137 g/mol. The largest absolute Gasteiger partial charge is 0.305 e. The average Bonchev–Trinajstić information content (AvgIpc) is 2.46. The highest BCUT2D eigenvalue weighted by molar-refractivity contribution is 5.10. The molecule has 1 heteroatoms. The zero-order chi connectivity index (χ0) is 7.03. The molecule has 1 fully saturated rings. The summed E-state index contributed by atoms with van der Waals surface area (Å²) in [5.74, 6) is 0. The van der Waals surface area contributed by atoms with E-state index in [0.717, 1.165) is 0 Å². The summed E-state index contributed by atoms with van der Waals surface area (Å²) in [7, 11) is 2.22. The summed E-state index contributed by atoms with van der Waals surface area (Å²) in [6.45, 7) is 2.59. The van der Waals surface area contributed by atoms with Crippen molar-refractivity contribution in [3.05, 3.63) is 12.2 Å². The summed E-state index contributed by atoms with van der Waals surface area (Å²) in [4.78, 5) is 2.44. The predicted octanol–water partition coefficient (Wildman–Crippen LogP) is 1.66. The summed E-state index contributed by atoms with van der Waals surface area (Å²) in [6, 6.07) is 0. The van der Waals surface area contributed by atoms with Crippen molar-refractivity contribution < 1.29 is 0 Å². The zero-order valence-corrected chi connectivity index (χ0v) is 6.64. The van der Waals surface area contributed by atoms with Crippen molar-refractivity contribution in [2.45, 2.75) is 19.3 Å². The summed E-state index contributed by atoms with van der Waals surface area (Å²) in [5.41, 5.74) is 0.606. The Bertz CT molecular complexity index is 162. The molecule has 1 nitrogen and oxygen atoms in total. The molecule has 0 bridgehead atoms. The van der Waals surface area contributed by atoms with Crippen LogP contribution in [0.5, 0.6) is 0 Å². The van der Waals surface area contributed by atoms with Crippen LogP contribution in [0, 0.1) is 5.41 Å². The lowest BCUT2D eigenvalue weighted by Gasteiger charge is -2.19. The van der Waals surface area contributed by atoms with Gasteiger partial charge in [-0.2, -0.15) is 0 Å². The number of rotatable bonds is 0. The van der Waals surface area contributed by atoms with Crippen molar-refractivity contribution in [2.24, 2.45) is 5.41 Å². The minimum atomic E-state index is 0.606. The van der Waals surface area contributed by atoms with E-state index in [1.165, 1.54) is 32.4 Å². The van der Waals surface area contributed by atoms with Crippen LogP contribution in [0.25, 0.3) is 0 Å². The number of nitrogens with zero attached hydrogens (tertiary/aromatic N) is 1. The van der Waals surface area contributed by atoms with Crippen LogP contribution >= 0.6 is 0 Å². The van der Waals surface area contributed by atoms with Crippen LogP contribution in [-0.2, 0) is 0 Å². The first-order valence-electron chi connectivity index (χ1n) is 4.17. The fourth-order valence-corrected chi connectivity index (χ4v) is 2.24. The van der Waals surface area contributed by atoms with Crippen LogP contribution in [0.3, 0.4) is 0 Å². The van der Waals surface area contributed by atoms with E-state index in [2.05, 4.69) is 24.1 Å². The Labute approximate surface area is 62.7 Å². The van der Waals surface area contributed by atoms with Gasteiger partial charge in [0.1, 0.15) is 0 Å². The lowest BCUT2D eigenvalue weighted by molar-refractivity contribution is 0.342.